The van der Waals surface area contributed by atoms with Crippen molar-refractivity contribution in [2.24, 2.45) is 10.9 Å². The van der Waals surface area contributed by atoms with Crippen LogP contribution in [-0.4, -0.2) is 74.2 Å². The molecule has 6 rings (SSSR count). The summed E-state index contributed by atoms with van der Waals surface area (Å²) in [6, 6.07) is 12.8. The lowest BCUT2D eigenvalue weighted by Gasteiger charge is -2.31. The molecule has 2 aliphatic rings. The first-order valence-corrected chi connectivity index (χ1v) is 15.7. The predicted molar refractivity (Wildman–Crippen MR) is 182 cm³/mol. The topological polar surface area (TPSA) is 91.0 Å². The summed E-state index contributed by atoms with van der Waals surface area (Å²) < 4.78 is 1.82. The maximum absolute atomic E-state index is 12.8. The average Bonchev–Trinajstić information content (AvgIpc) is 3.46. The Morgan fingerprint density at radius 3 is 2.71 bits per heavy atom. The number of amides is 1. The maximum atomic E-state index is 12.8. The van der Waals surface area contributed by atoms with Crippen LogP contribution in [0.25, 0.3) is 33.5 Å². The number of aliphatic imine (C=N–C) groups is 1. The second kappa shape index (κ2) is 13.8. The summed E-state index contributed by atoms with van der Waals surface area (Å²) in [7, 11) is 0. The number of piperidine rings is 1. The number of allylic oxidation sites excluding steroid dienone is 5. The number of carbonyl (C=O) groups is 1. The summed E-state index contributed by atoms with van der Waals surface area (Å²) in [5.41, 5.74) is 7.58. The number of fused-ring (bicyclic) bond motifs is 3. The minimum absolute atomic E-state index is 0.0781. The highest BCUT2D eigenvalue weighted by Gasteiger charge is 2.25. The standard InChI is InChI=1S/C36H40N8O/c1-4-6-7-28(5-2)32-23-31-24-39-33-22-26(3)41-44(33)35(31)40-34(32)29-10-8-27(9-11-29)25-43-17-12-30(13-18-43)36(45)38-16-21-42-19-14-37-15-20-42/h4-11,14-15,19,22-24,30H,2,12-13,16-18,20-21,25H2,1,3H3,(H,38,45)/b6-4-,28-7+. The number of likely N-dealkylation sites (tertiary alicyclic amines) is 1. The Labute approximate surface area is 264 Å². The minimum atomic E-state index is 0.0781. The minimum Gasteiger partial charge on any atom is -0.369 e. The van der Waals surface area contributed by atoms with Crippen molar-refractivity contribution in [3.63, 3.8) is 0 Å². The van der Waals surface area contributed by atoms with E-state index in [4.69, 9.17) is 4.98 Å². The van der Waals surface area contributed by atoms with Crippen molar-refractivity contribution in [1.29, 1.82) is 0 Å². The molecule has 9 heteroatoms. The van der Waals surface area contributed by atoms with Crippen LogP contribution < -0.4 is 5.32 Å². The monoisotopic (exact) mass is 600 g/mol. The van der Waals surface area contributed by atoms with Crippen molar-refractivity contribution in [1.82, 2.24) is 34.7 Å². The Kier molecular flexibility index (Phi) is 9.26. The van der Waals surface area contributed by atoms with Crippen molar-refractivity contribution in [2.45, 2.75) is 33.2 Å². The van der Waals surface area contributed by atoms with Crippen LogP contribution in [0.5, 0.6) is 0 Å². The van der Waals surface area contributed by atoms with Gasteiger partial charge in [0.05, 0.1) is 17.9 Å². The highest BCUT2D eigenvalue weighted by Crippen LogP contribution is 2.32. The van der Waals surface area contributed by atoms with E-state index < -0.39 is 0 Å². The lowest BCUT2D eigenvalue weighted by molar-refractivity contribution is -0.126. The molecule has 4 aromatic rings. The number of nitrogens with zero attached hydrogens (tertiary/aromatic N) is 7. The number of aromatic nitrogens is 4. The number of rotatable bonds is 10. The Hall–Kier alpha value is -4.89. The van der Waals surface area contributed by atoms with Gasteiger partial charge in [-0.15, -0.1) is 0 Å². The molecule has 45 heavy (non-hydrogen) atoms. The van der Waals surface area contributed by atoms with Crippen LogP contribution in [0.1, 0.15) is 36.6 Å². The number of benzene rings is 1. The van der Waals surface area contributed by atoms with Gasteiger partial charge >= 0.3 is 0 Å². The van der Waals surface area contributed by atoms with E-state index in [9.17, 15) is 4.79 Å². The molecule has 0 saturated carbocycles. The number of aryl methyl sites for hydroxylation is 1. The third-order valence-electron chi connectivity index (χ3n) is 8.45. The predicted octanol–water partition coefficient (Wildman–Crippen LogP) is 5.58. The molecule has 0 bridgehead atoms. The second-order valence-corrected chi connectivity index (χ2v) is 11.6. The van der Waals surface area contributed by atoms with Gasteiger partial charge in [0.1, 0.15) is 0 Å². The van der Waals surface area contributed by atoms with Gasteiger partial charge in [-0.25, -0.2) is 9.97 Å². The first-order chi connectivity index (χ1) is 22.0. The van der Waals surface area contributed by atoms with Crippen molar-refractivity contribution in [3.05, 3.63) is 103 Å². The van der Waals surface area contributed by atoms with Gasteiger partial charge in [0, 0.05) is 72.9 Å². The normalized spacial score (nSPS) is 16.3. The van der Waals surface area contributed by atoms with Crippen molar-refractivity contribution >= 4 is 34.4 Å². The molecular weight excluding hydrogens is 560 g/mol. The van der Waals surface area contributed by atoms with Crippen LogP contribution in [0.3, 0.4) is 0 Å². The van der Waals surface area contributed by atoms with Crippen LogP contribution in [0, 0.1) is 12.8 Å². The Balaban J connectivity index is 1.14. The van der Waals surface area contributed by atoms with Crippen LogP contribution in [0.4, 0.5) is 0 Å². The highest BCUT2D eigenvalue weighted by molar-refractivity contribution is 5.91. The van der Waals surface area contributed by atoms with Gasteiger partial charge in [-0.3, -0.25) is 14.7 Å². The van der Waals surface area contributed by atoms with E-state index in [-0.39, 0.29) is 11.8 Å². The van der Waals surface area contributed by atoms with E-state index in [1.54, 1.807) is 6.20 Å². The number of hydrogen-bond acceptors (Lipinski definition) is 7. The van der Waals surface area contributed by atoms with E-state index in [0.29, 0.717) is 6.54 Å². The average molecular weight is 601 g/mol. The maximum Gasteiger partial charge on any atom is 0.223 e. The number of carbonyl (C=O) groups excluding carboxylic acids is 1. The molecule has 0 radical (unpaired) electrons. The zero-order valence-corrected chi connectivity index (χ0v) is 26.1. The molecule has 1 N–H and O–H groups in total. The largest absolute Gasteiger partial charge is 0.369 e. The second-order valence-electron chi connectivity index (χ2n) is 11.6. The summed E-state index contributed by atoms with van der Waals surface area (Å²) in [6.07, 6.45) is 17.2. The lowest BCUT2D eigenvalue weighted by Crippen LogP contribution is -2.42. The fraction of sp³-hybridized carbons (Fsp3) is 0.306. The molecule has 2 aliphatic heterocycles. The number of nitrogens with one attached hydrogen (secondary N) is 1. The summed E-state index contributed by atoms with van der Waals surface area (Å²) in [5, 5.41) is 8.70. The molecule has 1 saturated heterocycles. The fourth-order valence-electron chi connectivity index (χ4n) is 5.98. The molecular formula is C36H40N8O. The molecule has 0 spiro atoms. The van der Waals surface area contributed by atoms with Gasteiger partial charge in [0.15, 0.2) is 11.3 Å². The Morgan fingerprint density at radius 2 is 1.98 bits per heavy atom. The van der Waals surface area contributed by atoms with Gasteiger partial charge < -0.3 is 10.2 Å². The fourth-order valence-corrected chi connectivity index (χ4v) is 5.98. The molecule has 1 aromatic carbocycles. The van der Waals surface area contributed by atoms with Gasteiger partial charge in [0.25, 0.3) is 0 Å². The molecule has 230 valence electrons. The lowest BCUT2D eigenvalue weighted by atomic mass is 9.95. The van der Waals surface area contributed by atoms with Crippen LogP contribution in [-0.2, 0) is 11.3 Å². The first kappa shape index (κ1) is 30.1. The molecule has 1 fully saturated rings. The van der Waals surface area contributed by atoms with Crippen LogP contribution >= 0.6 is 0 Å². The van der Waals surface area contributed by atoms with Crippen molar-refractivity contribution in [3.8, 4) is 11.3 Å². The van der Waals surface area contributed by atoms with Crippen molar-refractivity contribution < 1.29 is 4.79 Å². The Bertz CT molecular complexity index is 1810. The van der Waals surface area contributed by atoms with E-state index in [1.165, 1.54) is 5.56 Å². The smallest absolute Gasteiger partial charge is 0.223 e. The van der Waals surface area contributed by atoms with E-state index in [2.05, 4.69) is 73.2 Å². The SMILES string of the molecule is C=C/C(=C\C=C/C)c1cc2cnc3cc(C)nn3c2nc1-c1ccc(CN2CCC(C(=O)NCCN3C=CN=CC3)CC2)cc1. The van der Waals surface area contributed by atoms with E-state index in [0.717, 1.165) is 90.3 Å². The van der Waals surface area contributed by atoms with Crippen molar-refractivity contribution in [2.75, 3.05) is 32.7 Å². The quantitative estimate of drug-likeness (QED) is 0.239. The zero-order chi connectivity index (χ0) is 31.2. The molecule has 0 atom stereocenters. The summed E-state index contributed by atoms with van der Waals surface area (Å²) >= 11 is 0. The van der Waals surface area contributed by atoms with Crippen LogP contribution in [0.2, 0.25) is 0 Å². The summed E-state index contributed by atoms with van der Waals surface area (Å²) in [6.45, 7) is 13.0. The Morgan fingerprint density at radius 1 is 1.16 bits per heavy atom. The zero-order valence-electron chi connectivity index (χ0n) is 26.1. The molecule has 5 heterocycles. The van der Waals surface area contributed by atoms with Gasteiger partial charge in [-0.05, 0) is 57.0 Å². The number of pyridine rings is 1. The summed E-state index contributed by atoms with van der Waals surface area (Å²) in [5.74, 6) is 0.252. The van der Waals surface area contributed by atoms with Gasteiger partial charge in [-0.2, -0.15) is 9.61 Å². The van der Waals surface area contributed by atoms with Crippen LogP contribution in [0.15, 0.2) is 90.9 Å². The highest BCUT2D eigenvalue weighted by atomic mass is 16.1. The molecule has 0 aliphatic carbocycles. The van der Waals surface area contributed by atoms with Gasteiger partial charge in [0.2, 0.25) is 5.91 Å². The summed E-state index contributed by atoms with van der Waals surface area (Å²) in [4.78, 5) is 31.2. The molecule has 9 nitrogen and oxygen atoms in total. The molecule has 3 aromatic heterocycles. The third-order valence-corrected chi connectivity index (χ3v) is 8.45. The van der Waals surface area contributed by atoms with E-state index in [1.807, 2.05) is 61.3 Å². The first-order valence-electron chi connectivity index (χ1n) is 15.7. The molecule has 0 unspecified atom stereocenters. The van der Waals surface area contributed by atoms with Gasteiger partial charge in [-0.1, -0.05) is 55.1 Å². The van der Waals surface area contributed by atoms with E-state index >= 15 is 0 Å². The molecule has 1 amide bonds. The third kappa shape index (κ3) is 6.94. The number of hydrogen-bond donors (Lipinski definition) is 1.